The number of ketones is 1. The second-order valence-corrected chi connectivity index (χ2v) is 22.6. The van der Waals surface area contributed by atoms with E-state index in [2.05, 4.69) is 6.92 Å². The Kier molecular flexibility index (Phi) is 26.2. The van der Waals surface area contributed by atoms with Gasteiger partial charge in [0.25, 0.3) is 0 Å². The minimum Gasteiger partial charge on any atom is -0.459 e. The number of cyclic esters (lactones) is 1. The molecule has 0 saturated carbocycles. The first-order valence-corrected chi connectivity index (χ1v) is 27.4. The second-order valence-electron chi connectivity index (χ2n) is 22.6. The average molecular weight is 1000 g/mol. The van der Waals surface area contributed by atoms with Crippen LogP contribution in [0.5, 0.6) is 0 Å². The van der Waals surface area contributed by atoms with Gasteiger partial charge in [0.15, 0.2) is 18.7 Å². The number of esters is 2. The van der Waals surface area contributed by atoms with E-state index in [1.165, 1.54) is 91.6 Å². The molecule has 0 bridgehead atoms. The van der Waals surface area contributed by atoms with Crippen LogP contribution in [0.15, 0.2) is 0 Å². The molecule has 15 nitrogen and oxygen atoms in total. The van der Waals surface area contributed by atoms with Crippen LogP contribution in [0.4, 0.5) is 0 Å². The molecule has 3 saturated heterocycles. The molecule has 3 rings (SSSR count). The van der Waals surface area contributed by atoms with Gasteiger partial charge in [0.05, 0.1) is 53.7 Å². The van der Waals surface area contributed by atoms with Crippen molar-refractivity contribution in [1.29, 1.82) is 0 Å². The molecule has 0 spiro atoms. The van der Waals surface area contributed by atoms with Gasteiger partial charge in [-0.2, -0.15) is 0 Å². The average Bonchev–Trinajstić information content (AvgIpc) is 3.30. The van der Waals surface area contributed by atoms with E-state index in [0.29, 0.717) is 12.8 Å². The van der Waals surface area contributed by atoms with Crippen LogP contribution < -0.4 is 0 Å². The van der Waals surface area contributed by atoms with E-state index in [0.717, 1.165) is 19.3 Å². The standard InChI is InChI=1S/C55H101NO14/c1-15-17-18-19-20-21-22-23-24-25-26-27-28-29-30-31-43(57)68-47-41(56(12)13)32-36(4)65-52(47)70-50-38(6)46(69-44-34-54(10,64-14)49(60)40(8)66-44)39(7)51(61)67-42(16-2)55(11,63)48(59)37(5)45(58)35(3)33-53(50,9)62/h35-42,44,46-50,52,59-60,62-63H,15-34H2,1-14H3/t35-,36-,37+,38+,39-,40+,41+,42-,44+,46+,47-,48-,49+,50-,52+,53-,54-,55-/m1/s1. The Bertz CT molecular complexity index is 1540. The summed E-state index contributed by atoms with van der Waals surface area (Å²) >= 11 is 0. The molecular weight excluding hydrogens is 899 g/mol. The normalized spacial score (nSPS) is 39.4. The highest BCUT2D eigenvalue weighted by atomic mass is 16.7. The number of methoxy groups -OCH3 is 1. The second kappa shape index (κ2) is 29.3. The maximum absolute atomic E-state index is 14.4. The van der Waals surface area contributed by atoms with E-state index in [4.69, 9.17) is 33.2 Å². The summed E-state index contributed by atoms with van der Waals surface area (Å²) in [6.45, 7) is 18.8. The number of likely N-dealkylation sites (N-methyl/N-ethyl adjacent to an activating group) is 1. The number of hydrogen-bond donors (Lipinski definition) is 4. The highest BCUT2D eigenvalue weighted by Gasteiger charge is 2.54. The van der Waals surface area contributed by atoms with Gasteiger partial charge in [0, 0.05) is 37.7 Å². The minimum atomic E-state index is -2.02. The third kappa shape index (κ3) is 17.7. The summed E-state index contributed by atoms with van der Waals surface area (Å²) in [6, 6.07) is -0.324. The topological polar surface area (TPSA) is 200 Å². The molecule has 4 N–H and O–H groups in total. The summed E-state index contributed by atoms with van der Waals surface area (Å²) < 4.78 is 44.7. The third-order valence-electron chi connectivity index (χ3n) is 16.0. The zero-order chi connectivity index (χ0) is 52.6. The Labute approximate surface area is 423 Å². The van der Waals surface area contributed by atoms with Crippen molar-refractivity contribution in [2.75, 3.05) is 21.2 Å². The summed E-state index contributed by atoms with van der Waals surface area (Å²) in [5, 5.41) is 47.2. The number of carbonyl (C=O) groups excluding carboxylic acids is 3. The number of nitrogens with zero attached hydrogens (tertiary/aromatic N) is 1. The van der Waals surface area contributed by atoms with Crippen LogP contribution in [0.25, 0.3) is 0 Å². The van der Waals surface area contributed by atoms with Crippen molar-refractivity contribution >= 4 is 17.7 Å². The zero-order valence-corrected chi connectivity index (χ0v) is 46.1. The van der Waals surface area contributed by atoms with Crippen LogP contribution in [-0.4, -0.2) is 149 Å². The highest BCUT2D eigenvalue weighted by molar-refractivity contribution is 5.83. The number of hydrogen-bond acceptors (Lipinski definition) is 15. The largest absolute Gasteiger partial charge is 0.459 e. The Hall–Kier alpha value is -1.79. The van der Waals surface area contributed by atoms with Crippen molar-refractivity contribution in [3.8, 4) is 0 Å². The Balaban J connectivity index is 1.92. The van der Waals surface area contributed by atoms with Crippen LogP contribution in [0.1, 0.15) is 205 Å². The van der Waals surface area contributed by atoms with Gasteiger partial charge in [-0.3, -0.25) is 14.4 Å². The zero-order valence-electron chi connectivity index (χ0n) is 46.1. The minimum absolute atomic E-state index is 0.0783. The van der Waals surface area contributed by atoms with Crippen LogP contribution >= 0.6 is 0 Å². The number of aliphatic hydroxyl groups is 4. The SMILES string of the molecule is CCCCCCCCCCCCCCCCCC(=O)O[C@H]1[C@H](O[C@@H]2[C@@H](C)[C@H](O[C@H]3C[C@@](C)(OC)[C@@H](O)[C@H](C)O3)[C@@H](C)C(=O)O[C@H](CC)[C@@](C)(O)[C@H](O)[C@@H](C)C(=O)[C@H](C)C[C@@]2(C)O)O[C@H](C)C[C@@H]1N(C)C. The lowest BCUT2D eigenvalue weighted by Gasteiger charge is -2.49. The number of unbranched alkanes of at least 4 members (excludes halogenated alkanes) is 14. The lowest BCUT2D eigenvalue weighted by molar-refractivity contribution is -0.319. The van der Waals surface area contributed by atoms with E-state index >= 15 is 0 Å². The molecule has 0 aromatic carbocycles. The monoisotopic (exact) mass is 1000 g/mol. The third-order valence-corrected chi connectivity index (χ3v) is 16.0. The van der Waals surface area contributed by atoms with Gasteiger partial charge in [-0.15, -0.1) is 0 Å². The Morgan fingerprint density at radius 2 is 1.27 bits per heavy atom. The summed E-state index contributed by atoms with van der Waals surface area (Å²) in [4.78, 5) is 44.3. The molecule has 18 atom stereocenters. The van der Waals surface area contributed by atoms with Gasteiger partial charge in [0.1, 0.15) is 23.6 Å². The molecule has 0 unspecified atom stereocenters. The molecule has 3 fully saturated rings. The van der Waals surface area contributed by atoms with E-state index in [9.17, 15) is 34.8 Å². The summed E-state index contributed by atoms with van der Waals surface area (Å²) in [5.41, 5.74) is -4.95. The van der Waals surface area contributed by atoms with Gasteiger partial charge < -0.3 is 58.5 Å². The Morgan fingerprint density at radius 1 is 0.729 bits per heavy atom. The number of Topliss-reactive ketones (excluding diaryl/α,β-unsaturated/α-hetero) is 1. The Morgan fingerprint density at radius 3 is 1.79 bits per heavy atom. The van der Waals surface area contributed by atoms with Crippen LogP contribution in [-0.2, 0) is 47.5 Å². The molecule has 70 heavy (non-hydrogen) atoms. The van der Waals surface area contributed by atoms with Crippen molar-refractivity contribution in [3.63, 3.8) is 0 Å². The fourth-order valence-corrected chi connectivity index (χ4v) is 11.4. The molecule has 0 amide bonds. The summed E-state index contributed by atoms with van der Waals surface area (Å²) in [7, 11) is 5.31. The maximum Gasteiger partial charge on any atom is 0.311 e. The van der Waals surface area contributed by atoms with E-state index in [-0.39, 0.29) is 43.8 Å². The van der Waals surface area contributed by atoms with Gasteiger partial charge in [-0.25, -0.2) is 0 Å². The van der Waals surface area contributed by atoms with Crippen molar-refractivity contribution in [3.05, 3.63) is 0 Å². The molecule has 15 heteroatoms. The van der Waals surface area contributed by atoms with E-state index < -0.39 is 108 Å². The smallest absolute Gasteiger partial charge is 0.311 e. The molecule has 3 aliphatic heterocycles. The fourth-order valence-electron chi connectivity index (χ4n) is 11.4. The lowest BCUT2D eigenvalue weighted by Crippen LogP contribution is -2.61. The van der Waals surface area contributed by atoms with Gasteiger partial charge >= 0.3 is 11.9 Å². The molecule has 0 aromatic heterocycles. The van der Waals surface area contributed by atoms with Crippen LogP contribution in [0.3, 0.4) is 0 Å². The number of ether oxygens (including phenoxy) is 7. The number of rotatable bonds is 24. The molecule has 0 aromatic rings. The van der Waals surface area contributed by atoms with Crippen molar-refractivity contribution < 1.29 is 68.0 Å². The molecule has 0 radical (unpaired) electrons. The quantitative estimate of drug-likeness (QED) is 0.0529. The first-order chi connectivity index (χ1) is 32.9. The molecule has 0 aliphatic carbocycles. The number of aliphatic hydroxyl groups excluding tert-OH is 2. The first kappa shape index (κ1) is 62.5. The van der Waals surface area contributed by atoms with Gasteiger partial charge in [-0.1, -0.05) is 125 Å². The van der Waals surface area contributed by atoms with E-state index in [1.54, 1.807) is 48.5 Å². The molecule has 3 heterocycles. The van der Waals surface area contributed by atoms with Crippen LogP contribution in [0, 0.1) is 23.7 Å². The highest BCUT2D eigenvalue weighted by Crippen LogP contribution is 2.41. The molecule has 3 aliphatic rings. The van der Waals surface area contributed by atoms with Crippen molar-refractivity contribution in [2.24, 2.45) is 23.7 Å². The summed E-state index contributed by atoms with van der Waals surface area (Å²) in [6.07, 6.45) is 8.66. The first-order valence-electron chi connectivity index (χ1n) is 27.4. The van der Waals surface area contributed by atoms with Gasteiger partial charge in [-0.05, 0) is 81.3 Å². The van der Waals surface area contributed by atoms with E-state index in [1.807, 2.05) is 25.9 Å². The summed E-state index contributed by atoms with van der Waals surface area (Å²) in [5.74, 6) is -5.49. The molecule has 410 valence electrons. The predicted molar refractivity (Wildman–Crippen MR) is 270 cm³/mol. The van der Waals surface area contributed by atoms with Crippen molar-refractivity contribution in [1.82, 2.24) is 4.90 Å². The lowest BCUT2D eigenvalue weighted by atomic mass is 9.74. The van der Waals surface area contributed by atoms with Crippen LogP contribution in [0.2, 0.25) is 0 Å². The van der Waals surface area contributed by atoms with Gasteiger partial charge in [0.2, 0.25) is 0 Å². The fraction of sp³-hybridized carbons (Fsp3) is 0.945. The molecular formula is C55H101NO14. The number of carbonyl (C=O) groups is 3. The predicted octanol–water partition coefficient (Wildman–Crippen LogP) is 8.60. The maximum atomic E-state index is 14.4. The van der Waals surface area contributed by atoms with Crippen molar-refractivity contribution in [2.45, 2.75) is 289 Å².